The molecule has 3 rings (SSSR count). The number of piperazine rings is 1. The molecule has 1 fully saturated rings. The maximum Gasteiger partial charge on any atom is 0.273 e. The van der Waals surface area contributed by atoms with Crippen molar-refractivity contribution in [1.29, 1.82) is 0 Å². The lowest BCUT2D eigenvalue weighted by molar-refractivity contribution is -0.385. The molecule has 166 valence electrons. The fraction of sp³-hybridized carbons (Fsp3) is 0.409. The molecule has 1 saturated heterocycles. The van der Waals surface area contributed by atoms with Crippen LogP contribution in [0, 0.1) is 17.0 Å². The molecule has 0 unspecified atom stereocenters. The van der Waals surface area contributed by atoms with Gasteiger partial charge in [-0.3, -0.25) is 14.9 Å². The molecule has 0 atom stereocenters. The first-order chi connectivity index (χ1) is 14.4. The highest BCUT2D eigenvalue weighted by Gasteiger charge is 2.31. The van der Waals surface area contributed by atoms with Gasteiger partial charge in [0, 0.05) is 43.4 Å². The van der Waals surface area contributed by atoms with E-state index in [2.05, 4.69) is 20.8 Å². The van der Waals surface area contributed by atoms with Crippen molar-refractivity contribution in [2.45, 2.75) is 38.0 Å². The number of amides is 1. The summed E-state index contributed by atoms with van der Waals surface area (Å²) in [5.74, 6) is -0.338. The molecule has 8 nitrogen and oxygen atoms in total. The monoisotopic (exact) mass is 445 g/mol. The maximum atomic E-state index is 13.0. The largest absolute Gasteiger partial charge is 0.336 e. The summed E-state index contributed by atoms with van der Waals surface area (Å²) < 4.78 is 27.4. The second kappa shape index (κ2) is 8.39. The van der Waals surface area contributed by atoms with Crippen LogP contribution in [0.1, 0.15) is 42.3 Å². The second-order valence-electron chi connectivity index (χ2n) is 8.73. The van der Waals surface area contributed by atoms with Gasteiger partial charge < -0.3 is 4.90 Å². The first-order valence-corrected chi connectivity index (χ1v) is 11.5. The summed E-state index contributed by atoms with van der Waals surface area (Å²) in [5, 5.41) is 11.1. The number of sulfonamides is 1. The average molecular weight is 446 g/mol. The second-order valence-corrected chi connectivity index (χ2v) is 10.7. The van der Waals surface area contributed by atoms with Gasteiger partial charge in [-0.1, -0.05) is 39.0 Å². The van der Waals surface area contributed by atoms with Crippen molar-refractivity contribution >= 4 is 21.6 Å². The number of rotatable bonds is 4. The van der Waals surface area contributed by atoms with E-state index in [4.69, 9.17) is 0 Å². The molecule has 2 aromatic rings. The Kier molecular flexibility index (Phi) is 6.20. The van der Waals surface area contributed by atoms with Crippen LogP contribution in [0.3, 0.4) is 0 Å². The molecule has 0 N–H and O–H groups in total. The molecule has 0 radical (unpaired) electrons. The van der Waals surface area contributed by atoms with Gasteiger partial charge in [0.2, 0.25) is 10.0 Å². The third-order valence-corrected chi connectivity index (χ3v) is 7.45. The molecule has 2 aromatic carbocycles. The normalized spacial score (nSPS) is 15.7. The van der Waals surface area contributed by atoms with E-state index in [-0.39, 0.29) is 53.6 Å². The van der Waals surface area contributed by atoms with E-state index in [0.717, 1.165) is 5.56 Å². The third kappa shape index (κ3) is 4.77. The Labute approximate surface area is 182 Å². The molecule has 0 saturated carbocycles. The Hall–Kier alpha value is -2.78. The van der Waals surface area contributed by atoms with Gasteiger partial charge in [-0.25, -0.2) is 8.42 Å². The van der Waals surface area contributed by atoms with Gasteiger partial charge >= 0.3 is 0 Å². The summed E-state index contributed by atoms with van der Waals surface area (Å²) in [4.78, 5) is 25.2. The van der Waals surface area contributed by atoms with E-state index < -0.39 is 14.9 Å². The maximum absolute atomic E-state index is 13.0. The molecular formula is C22H27N3O5S. The first-order valence-electron chi connectivity index (χ1n) is 10.1. The molecule has 0 aliphatic carbocycles. The van der Waals surface area contributed by atoms with Crippen LogP contribution in [0.4, 0.5) is 5.69 Å². The van der Waals surface area contributed by atoms with Crippen molar-refractivity contribution in [1.82, 2.24) is 9.21 Å². The van der Waals surface area contributed by atoms with E-state index in [0.29, 0.717) is 5.56 Å². The van der Waals surface area contributed by atoms with Crippen LogP contribution in [0.5, 0.6) is 0 Å². The lowest BCUT2D eigenvalue weighted by atomic mass is 9.87. The van der Waals surface area contributed by atoms with E-state index in [1.54, 1.807) is 31.2 Å². The number of hydrogen-bond donors (Lipinski definition) is 0. The van der Waals surface area contributed by atoms with Crippen molar-refractivity contribution in [2.24, 2.45) is 0 Å². The van der Waals surface area contributed by atoms with Crippen molar-refractivity contribution in [3.05, 3.63) is 69.3 Å². The SMILES string of the molecule is Cc1ccc(C(=O)N2CCN(S(=O)(=O)c3ccc(C(C)(C)C)cc3)CC2)cc1[N+](=O)[O-]. The fourth-order valence-corrected chi connectivity index (χ4v) is 4.95. The molecule has 1 aliphatic heterocycles. The van der Waals surface area contributed by atoms with Gasteiger partial charge in [-0.2, -0.15) is 4.31 Å². The zero-order chi connectivity index (χ0) is 23.0. The van der Waals surface area contributed by atoms with Crippen LogP contribution in [0.15, 0.2) is 47.4 Å². The predicted molar refractivity (Wildman–Crippen MR) is 118 cm³/mol. The smallest absolute Gasteiger partial charge is 0.273 e. The van der Waals surface area contributed by atoms with Crippen LogP contribution in [0.25, 0.3) is 0 Å². The number of benzene rings is 2. The minimum Gasteiger partial charge on any atom is -0.336 e. The fourth-order valence-electron chi connectivity index (χ4n) is 3.53. The molecule has 0 aromatic heterocycles. The van der Waals surface area contributed by atoms with Gasteiger partial charge in [0.1, 0.15) is 0 Å². The van der Waals surface area contributed by atoms with Crippen LogP contribution in [-0.2, 0) is 15.4 Å². The number of hydrogen-bond acceptors (Lipinski definition) is 5. The van der Waals surface area contributed by atoms with E-state index in [9.17, 15) is 23.3 Å². The van der Waals surface area contributed by atoms with Gasteiger partial charge in [-0.05, 0) is 36.1 Å². The molecule has 9 heteroatoms. The number of nitro benzene ring substituents is 1. The Balaban J connectivity index is 1.71. The van der Waals surface area contributed by atoms with Gasteiger partial charge in [0.05, 0.1) is 9.82 Å². The zero-order valence-corrected chi connectivity index (χ0v) is 19.0. The summed E-state index contributed by atoms with van der Waals surface area (Å²) in [6, 6.07) is 11.3. The van der Waals surface area contributed by atoms with Crippen molar-refractivity contribution in [2.75, 3.05) is 26.2 Å². The highest BCUT2D eigenvalue weighted by molar-refractivity contribution is 7.89. The van der Waals surface area contributed by atoms with E-state index >= 15 is 0 Å². The number of carbonyl (C=O) groups is 1. The zero-order valence-electron chi connectivity index (χ0n) is 18.2. The average Bonchev–Trinajstić information content (AvgIpc) is 2.73. The van der Waals surface area contributed by atoms with Crippen molar-refractivity contribution in [3.8, 4) is 0 Å². The highest BCUT2D eigenvalue weighted by Crippen LogP contribution is 2.26. The summed E-state index contributed by atoms with van der Waals surface area (Å²) in [6.45, 7) is 8.59. The Bertz CT molecular complexity index is 1100. The quantitative estimate of drug-likeness (QED) is 0.531. The molecule has 0 bridgehead atoms. The summed E-state index contributed by atoms with van der Waals surface area (Å²) in [7, 11) is -3.66. The Morgan fingerprint density at radius 3 is 2.10 bits per heavy atom. The number of nitrogens with zero attached hydrogens (tertiary/aromatic N) is 3. The topological polar surface area (TPSA) is 101 Å². The number of aryl methyl sites for hydroxylation is 1. The highest BCUT2D eigenvalue weighted by atomic mass is 32.2. The van der Waals surface area contributed by atoms with E-state index in [1.807, 2.05) is 12.1 Å². The summed E-state index contributed by atoms with van der Waals surface area (Å²) >= 11 is 0. The molecule has 31 heavy (non-hydrogen) atoms. The van der Waals surface area contributed by atoms with Crippen LogP contribution in [-0.4, -0.2) is 54.6 Å². The minimum atomic E-state index is -3.66. The lowest BCUT2D eigenvalue weighted by Gasteiger charge is -2.34. The van der Waals surface area contributed by atoms with Crippen LogP contribution in [0.2, 0.25) is 0 Å². The third-order valence-electron chi connectivity index (χ3n) is 5.54. The minimum absolute atomic E-state index is 0.0701. The molecule has 0 spiro atoms. The number of carbonyl (C=O) groups excluding carboxylic acids is 1. The lowest BCUT2D eigenvalue weighted by Crippen LogP contribution is -2.50. The van der Waals surface area contributed by atoms with Crippen LogP contribution < -0.4 is 0 Å². The number of nitro groups is 1. The summed E-state index contributed by atoms with van der Waals surface area (Å²) in [6.07, 6.45) is 0. The first kappa shape index (κ1) is 22.9. The van der Waals surface area contributed by atoms with Gasteiger partial charge in [0.15, 0.2) is 0 Å². The van der Waals surface area contributed by atoms with E-state index in [1.165, 1.54) is 15.3 Å². The van der Waals surface area contributed by atoms with Gasteiger partial charge in [0.25, 0.3) is 11.6 Å². The molecule has 1 heterocycles. The van der Waals surface area contributed by atoms with Gasteiger partial charge in [-0.15, -0.1) is 0 Å². The standard InChI is InChI=1S/C22H27N3O5S/c1-16-5-6-17(15-20(16)25(27)28)21(26)23-11-13-24(14-12-23)31(29,30)19-9-7-18(8-10-19)22(2,3)4/h5-10,15H,11-14H2,1-4H3. The molecular weight excluding hydrogens is 418 g/mol. The predicted octanol–water partition coefficient (Wildman–Crippen LogP) is 3.35. The van der Waals surface area contributed by atoms with Crippen molar-refractivity contribution in [3.63, 3.8) is 0 Å². The molecule has 1 amide bonds. The van der Waals surface area contributed by atoms with Crippen LogP contribution >= 0.6 is 0 Å². The summed E-state index contributed by atoms with van der Waals surface area (Å²) in [5.41, 5.74) is 1.58. The molecule has 1 aliphatic rings. The Morgan fingerprint density at radius 1 is 1.00 bits per heavy atom. The van der Waals surface area contributed by atoms with Crippen molar-refractivity contribution < 1.29 is 18.1 Å². The Morgan fingerprint density at radius 2 is 1.58 bits per heavy atom.